The molecule has 6 nitrogen and oxygen atoms in total. The molecule has 2 saturated heterocycles. The Bertz CT molecular complexity index is 306. The molecule has 0 bridgehead atoms. The van der Waals surface area contributed by atoms with Crippen molar-refractivity contribution in [1.82, 2.24) is 14.7 Å². The van der Waals surface area contributed by atoms with Gasteiger partial charge in [0, 0.05) is 52.4 Å². The highest BCUT2D eigenvalue weighted by Crippen LogP contribution is 2.08. The molecule has 6 heteroatoms. The predicted octanol–water partition coefficient (Wildman–Crippen LogP) is -0.502. The number of hydrogen-bond donors (Lipinski definition) is 0. The number of likely N-dealkylation sites (N-methyl/N-ethyl adjacent to an activating group) is 1. The van der Waals surface area contributed by atoms with E-state index in [0.29, 0.717) is 12.5 Å². The molecule has 1 atom stereocenters. The van der Waals surface area contributed by atoms with Crippen LogP contribution in [0.1, 0.15) is 6.42 Å². The van der Waals surface area contributed by atoms with Crippen LogP contribution in [0, 0.1) is 0 Å². The lowest BCUT2D eigenvalue weighted by atomic mass is 10.2. The van der Waals surface area contributed by atoms with Gasteiger partial charge in [0.1, 0.15) is 0 Å². The van der Waals surface area contributed by atoms with Crippen molar-refractivity contribution in [2.45, 2.75) is 12.5 Å². The van der Waals surface area contributed by atoms with Crippen molar-refractivity contribution in [3.05, 3.63) is 0 Å². The fourth-order valence-corrected chi connectivity index (χ4v) is 2.81. The second-order valence-corrected chi connectivity index (χ2v) is 5.72. The Morgan fingerprint density at radius 2 is 1.90 bits per heavy atom. The normalized spacial score (nSPS) is 26.6. The summed E-state index contributed by atoms with van der Waals surface area (Å²) in [6, 6.07) is 0. The Kier molecular flexibility index (Phi) is 6.22. The molecule has 2 fully saturated rings. The quantitative estimate of drug-likeness (QED) is 0.635. The standard InChI is InChI=1S/C14H27N3O3/c1-15-9-10-20-13(11-15)12-17-7-5-16(6-8-17)4-3-14(18)19-2/h13H,3-12H2,1-2H3. The molecule has 20 heavy (non-hydrogen) atoms. The van der Waals surface area contributed by atoms with E-state index in [4.69, 9.17) is 4.74 Å². The van der Waals surface area contributed by atoms with Gasteiger partial charge in [0.25, 0.3) is 0 Å². The van der Waals surface area contributed by atoms with Gasteiger partial charge < -0.3 is 19.3 Å². The van der Waals surface area contributed by atoms with Crippen LogP contribution in [-0.4, -0.2) is 99.9 Å². The van der Waals surface area contributed by atoms with E-state index >= 15 is 0 Å². The van der Waals surface area contributed by atoms with Gasteiger partial charge in [-0.2, -0.15) is 0 Å². The second-order valence-electron chi connectivity index (χ2n) is 5.72. The number of methoxy groups -OCH3 is 1. The van der Waals surface area contributed by atoms with E-state index in [-0.39, 0.29) is 5.97 Å². The van der Waals surface area contributed by atoms with E-state index in [1.54, 1.807) is 0 Å². The van der Waals surface area contributed by atoms with Crippen LogP contribution in [-0.2, 0) is 14.3 Å². The van der Waals surface area contributed by atoms with Gasteiger partial charge in [0.05, 0.1) is 26.2 Å². The van der Waals surface area contributed by atoms with Crippen molar-refractivity contribution in [2.75, 3.05) is 73.1 Å². The minimum Gasteiger partial charge on any atom is -0.469 e. The van der Waals surface area contributed by atoms with E-state index in [0.717, 1.165) is 59.0 Å². The van der Waals surface area contributed by atoms with Gasteiger partial charge in [-0.3, -0.25) is 9.69 Å². The molecular weight excluding hydrogens is 258 g/mol. The van der Waals surface area contributed by atoms with Crippen LogP contribution in [0.5, 0.6) is 0 Å². The van der Waals surface area contributed by atoms with Crippen LogP contribution >= 0.6 is 0 Å². The first kappa shape index (κ1) is 15.7. The molecule has 116 valence electrons. The number of rotatable bonds is 5. The summed E-state index contributed by atoms with van der Waals surface area (Å²) < 4.78 is 10.5. The number of carbonyl (C=O) groups is 1. The maximum Gasteiger partial charge on any atom is 0.306 e. The third-order valence-corrected chi connectivity index (χ3v) is 4.13. The van der Waals surface area contributed by atoms with Crippen molar-refractivity contribution in [1.29, 1.82) is 0 Å². The number of carbonyl (C=O) groups excluding carboxylic acids is 1. The average Bonchev–Trinajstić information content (AvgIpc) is 2.46. The van der Waals surface area contributed by atoms with Crippen LogP contribution in [0.15, 0.2) is 0 Å². The van der Waals surface area contributed by atoms with Crippen LogP contribution in [0.2, 0.25) is 0 Å². The second kappa shape index (κ2) is 7.93. The lowest BCUT2D eigenvalue weighted by molar-refractivity contribution is -0.141. The molecule has 0 aromatic heterocycles. The van der Waals surface area contributed by atoms with Crippen molar-refractivity contribution in [2.24, 2.45) is 0 Å². The van der Waals surface area contributed by atoms with Gasteiger partial charge in [-0.25, -0.2) is 0 Å². The van der Waals surface area contributed by atoms with Crippen molar-refractivity contribution in [3.8, 4) is 0 Å². The number of esters is 1. The largest absolute Gasteiger partial charge is 0.469 e. The molecule has 2 heterocycles. The molecule has 0 spiro atoms. The van der Waals surface area contributed by atoms with Gasteiger partial charge in [-0.05, 0) is 7.05 Å². The topological polar surface area (TPSA) is 45.2 Å². The molecule has 2 aliphatic heterocycles. The molecule has 0 N–H and O–H groups in total. The van der Waals surface area contributed by atoms with Crippen LogP contribution in [0.25, 0.3) is 0 Å². The average molecular weight is 285 g/mol. The summed E-state index contributed by atoms with van der Waals surface area (Å²) >= 11 is 0. The number of nitrogens with zero attached hydrogens (tertiary/aromatic N) is 3. The number of piperazine rings is 1. The highest BCUT2D eigenvalue weighted by atomic mass is 16.5. The van der Waals surface area contributed by atoms with E-state index in [1.807, 2.05) is 0 Å². The third kappa shape index (κ3) is 5.01. The molecule has 2 rings (SSSR count). The van der Waals surface area contributed by atoms with Gasteiger partial charge in [-0.1, -0.05) is 0 Å². The highest BCUT2D eigenvalue weighted by molar-refractivity contribution is 5.69. The Labute approximate surface area is 121 Å². The lowest BCUT2D eigenvalue weighted by Crippen LogP contribution is -2.52. The summed E-state index contributed by atoms with van der Waals surface area (Å²) in [5, 5.41) is 0. The highest BCUT2D eigenvalue weighted by Gasteiger charge is 2.23. The van der Waals surface area contributed by atoms with Gasteiger partial charge in [0.15, 0.2) is 0 Å². The monoisotopic (exact) mass is 285 g/mol. The van der Waals surface area contributed by atoms with E-state index < -0.39 is 0 Å². The maximum atomic E-state index is 11.1. The van der Waals surface area contributed by atoms with E-state index in [2.05, 4.69) is 26.5 Å². The number of morpholine rings is 1. The summed E-state index contributed by atoms with van der Waals surface area (Å²) in [6.07, 6.45) is 0.836. The van der Waals surface area contributed by atoms with E-state index in [9.17, 15) is 4.79 Å². The molecule has 0 aromatic rings. The Hall–Kier alpha value is -0.690. The van der Waals surface area contributed by atoms with Crippen LogP contribution in [0.3, 0.4) is 0 Å². The summed E-state index contributed by atoms with van der Waals surface area (Å²) in [6.45, 7) is 8.92. The summed E-state index contributed by atoms with van der Waals surface area (Å²) in [5.74, 6) is -0.119. The van der Waals surface area contributed by atoms with Crippen LogP contribution < -0.4 is 0 Å². The Balaban J connectivity index is 1.62. The maximum absolute atomic E-state index is 11.1. The van der Waals surface area contributed by atoms with Gasteiger partial charge >= 0.3 is 5.97 Å². The molecule has 0 amide bonds. The van der Waals surface area contributed by atoms with Crippen molar-refractivity contribution in [3.63, 3.8) is 0 Å². The third-order valence-electron chi connectivity index (χ3n) is 4.13. The summed E-state index contributed by atoms with van der Waals surface area (Å²) in [4.78, 5) is 18.3. The molecule has 0 radical (unpaired) electrons. The summed E-state index contributed by atoms with van der Waals surface area (Å²) in [7, 11) is 3.60. The lowest BCUT2D eigenvalue weighted by Gasteiger charge is -2.38. The molecule has 0 aromatic carbocycles. The molecule has 0 saturated carbocycles. The first-order chi connectivity index (χ1) is 9.67. The zero-order valence-corrected chi connectivity index (χ0v) is 12.7. The van der Waals surface area contributed by atoms with E-state index in [1.165, 1.54) is 7.11 Å². The SMILES string of the molecule is COC(=O)CCN1CCN(CC2CN(C)CCO2)CC1. The fourth-order valence-electron chi connectivity index (χ4n) is 2.81. The number of hydrogen-bond acceptors (Lipinski definition) is 6. The molecule has 0 aliphatic carbocycles. The zero-order valence-electron chi connectivity index (χ0n) is 12.7. The minimum atomic E-state index is -0.119. The molecule has 2 aliphatic rings. The molecular formula is C14H27N3O3. The number of ether oxygens (including phenoxy) is 2. The smallest absolute Gasteiger partial charge is 0.306 e. The first-order valence-corrected chi connectivity index (χ1v) is 7.49. The summed E-state index contributed by atoms with van der Waals surface area (Å²) in [5.41, 5.74) is 0. The fraction of sp³-hybridized carbons (Fsp3) is 0.929. The molecule has 1 unspecified atom stereocenters. The minimum absolute atomic E-state index is 0.119. The Morgan fingerprint density at radius 1 is 1.20 bits per heavy atom. The van der Waals surface area contributed by atoms with Gasteiger partial charge in [0.2, 0.25) is 0 Å². The zero-order chi connectivity index (χ0) is 14.4. The van der Waals surface area contributed by atoms with Gasteiger partial charge in [-0.15, -0.1) is 0 Å². The van der Waals surface area contributed by atoms with Crippen molar-refractivity contribution >= 4 is 5.97 Å². The first-order valence-electron chi connectivity index (χ1n) is 7.49. The van der Waals surface area contributed by atoms with Crippen LogP contribution in [0.4, 0.5) is 0 Å². The Morgan fingerprint density at radius 3 is 2.55 bits per heavy atom. The van der Waals surface area contributed by atoms with Crippen molar-refractivity contribution < 1.29 is 14.3 Å². The predicted molar refractivity (Wildman–Crippen MR) is 76.8 cm³/mol.